The van der Waals surface area contributed by atoms with Crippen LogP contribution in [0.5, 0.6) is 0 Å². The number of hydrogen-bond donors (Lipinski definition) is 0. The van der Waals surface area contributed by atoms with Crippen molar-refractivity contribution in [1.29, 1.82) is 0 Å². The van der Waals surface area contributed by atoms with E-state index in [4.69, 9.17) is 0 Å². The van der Waals surface area contributed by atoms with Crippen molar-refractivity contribution in [3.8, 4) is 0 Å². The van der Waals surface area contributed by atoms with E-state index in [-0.39, 0.29) is 17.4 Å². The van der Waals surface area contributed by atoms with Gasteiger partial charge in [0.05, 0.1) is 12.2 Å². The third-order valence-electron chi connectivity index (χ3n) is 5.05. The molecule has 3 aromatic rings. The van der Waals surface area contributed by atoms with Crippen molar-refractivity contribution in [2.75, 3.05) is 6.54 Å². The Hall–Kier alpha value is -2.14. The van der Waals surface area contributed by atoms with E-state index in [1.807, 2.05) is 14.7 Å². The molecule has 1 amide bonds. The number of imidazole rings is 1. The topological polar surface area (TPSA) is 37.6 Å². The Kier molecular flexibility index (Phi) is 3.91. The van der Waals surface area contributed by atoms with Crippen LogP contribution in [0.25, 0.3) is 4.83 Å². The van der Waals surface area contributed by atoms with Gasteiger partial charge < -0.3 is 4.90 Å². The molecule has 0 spiro atoms. The van der Waals surface area contributed by atoms with Gasteiger partial charge in [0.2, 0.25) is 0 Å². The maximum atomic E-state index is 13.1. The number of nitrogens with zero attached hydrogens (tertiary/aromatic N) is 3. The molecule has 5 heteroatoms. The normalized spacial score (nSPS) is 18.2. The van der Waals surface area contributed by atoms with Crippen molar-refractivity contribution in [2.45, 2.75) is 45.1 Å². The van der Waals surface area contributed by atoms with Crippen molar-refractivity contribution in [3.63, 3.8) is 0 Å². The third-order valence-corrected chi connectivity index (χ3v) is 5.93. The lowest BCUT2D eigenvalue weighted by atomic mass is 9.86. The molecule has 1 fully saturated rings. The Balaban J connectivity index is 1.62. The zero-order chi connectivity index (χ0) is 17.6. The summed E-state index contributed by atoms with van der Waals surface area (Å²) in [5.41, 5.74) is 3.42. The van der Waals surface area contributed by atoms with Gasteiger partial charge in [0.1, 0.15) is 16.9 Å². The average Bonchev–Trinajstić information content (AvgIpc) is 3.29. The number of fused-ring (bicyclic) bond motifs is 1. The summed E-state index contributed by atoms with van der Waals surface area (Å²) in [4.78, 5) is 20.3. The largest absolute Gasteiger partial charge is 0.330 e. The van der Waals surface area contributed by atoms with Gasteiger partial charge in [-0.15, -0.1) is 11.3 Å². The summed E-state index contributed by atoms with van der Waals surface area (Å²) in [5, 5.41) is 1.94. The van der Waals surface area contributed by atoms with Crippen molar-refractivity contribution < 1.29 is 4.79 Å². The van der Waals surface area contributed by atoms with Gasteiger partial charge in [0.25, 0.3) is 5.91 Å². The Bertz CT molecular complexity index is 901. The first-order chi connectivity index (χ1) is 11.9. The van der Waals surface area contributed by atoms with Crippen LogP contribution in [0, 0.1) is 0 Å². The maximum absolute atomic E-state index is 13.1. The van der Waals surface area contributed by atoms with Crippen molar-refractivity contribution >= 4 is 22.1 Å². The summed E-state index contributed by atoms with van der Waals surface area (Å²) in [5.74, 6) is 0.103. The van der Waals surface area contributed by atoms with Gasteiger partial charge in [-0.25, -0.2) is 4.98 Å². The van der Waals surface area contributed by atoms with Crippen LogP contribution in [0.15, 0.2) is 42.2 Å². The molecule has 1 aliphatic rings. The lowest BCUT2D eigenvalue weighted by molar-refractivity contribution is 0.0729. The molecule has 1 atom stereocenters. The monoisotopic (exact) mass is 353 g/mol. The first-order valence-corrected chi connectivity index (χ1v) is 9.64. The lowest BCUT2D eigenvalue weighted by Gasteiger charge is -2.26. The summed E-state index contributed by atoms with van der Waals surface area (Å²) in [6, 6.07) is 8.96. The van der Waals surface area contributed by atoms with Crippen molar-refractivity contribution in [1.82, 2.24) is 14.3 Å². The highest BCUT2D eigenvalue weighted by atomic mass is 32.1. The van der Waals surface area contributed by atoms with Crippen LogP contribution in [0.2, 0.25) is 0 Å². The second-order valence-corrected chi connectivity index (χ2v) is 8.64. The van der Waals surface area contributed by atoms with Gasteiger partial charge in [-0.3, -0.25) is 9.20 Å². The second kappa shape index (κ2) is 5.99. The van der Waals surface area contributed by atoms with Gasteiger partial charge in [-0.2, -0.15) is 0 Å². The second-order valence-electron chi connectivity index (χ2n) is 7.75. The summed E-state index contributed by atoms with van der Waals surface area (Å²) in [6.07, 6.45) is 5.60. The van der Waals surface area contributed by atoms with Crippen LogP contribution in [-0.2, 0) is 5.41 Å². The minimum atomic E-state index is 0.103. The molecular weight excluding hydrogens is 330 g/mol. The summed E-state index contributed by atoms with van der Waals surface area (Å²) in [7, 11) is 0. The van der Waals surface area contributed by atoms with E-state index in [1.165, 1.54) is 11.1 Å². The van der Waals surface area contributed by atoms with E-state index < -0.39 is 0 Å². The molecule has 2 aromatic heterocycles. The predicted octanol–water partition coefficient (Wildman–Crippen LogP) is 4.67. The molecule has 0 aliphatic carbocycles. The Morgan fingerprint density at radius 2 is 2.00 bits per heavy atom. The van der Waals surface area contributed by atoms with Gasteiger partial charge >= 0.3 is 0 Å². The fraction of sp³-hybridized carbons (Fsp3) is 0.400. The number of carbonyl (C=O) groups excluding carboxylic acids is 1. The molecule has 25 heavy (non-hydrogen) atoms. The molecule has 130 valence electrons. The van der Waals surface area contributed by atoms with Crippen LogP contribution in [0.3, 0.4) is 0 Å². The number of thiazole rings is 1. The van der Waals surface area contributed by atoms with E-state index in [1.54, 1.807) is 23.9 Å². The molecule has 4 nitrogen and oxygen atoms in total. The molecule has 0 saturated carbocycles. The number of carbonyl (C=O) groups is 1. The fourth-order valence-corrected chi connectivity index (χ4v) is 4.41. The first-order valence-electron chi connectivity index (χ1n) is 8.76. The van der Waals surface area contributed by atoms with Gasteiger partial charge in [0.15, 0.2) is 0 Å². The molecule has 0 radical (unpaired) electrons. The van der Waals surface area contributed by atoms with Crippen LogP contribution in [0.4, 0.5) is 0 Å². The summed E-state index contributed by atoms with van der Waals surface area (Å²) < 4.78 is 1.89. The number of hydrogen-bond acceptors (Lipinski definition) is 3. The predicted molar refractivity (Wildman–Crippen MR) is 101 cm³/mol. The number of benzene rings is 1. The molecule has 4 rings (SSSR count). The minimum Gasteiger partial charge on any atom is -0.330 e. The highest BCUT2D eigenvalue weighted by Crippen LogP contribution is 2.34. The fourth-order valence-electron chi connectivity index (χ4n) is 3.59. The smallest absolute Gasteiger partial charge is 0.272 e. The number of rotatable bonds is 2. The quantitative estimate of drug-likeness (QED) is 0.671. The van der Waals surface area contributed by atoms with Crippen LogP contribution in [-0.4, -0.2) is 26.7 Å². The Labute approximate surface area is 152 Å². The summed E-state index contributed by atoms with van der Waals surface area (Å²) in [6.45, 7) is 7.48. The van der Waals surface area contributed by atoms with Crippen LogP contribution >= 0.6 is 11.3 Å². The maximum Gasteiger partial charge on any atom is 0.272 e. The van der Waals surface area contributed by atoms with Crippen LogP contribution < -0.4 is 0 Å². The highest BCUT2D eigenvalue weighted by molar-refractivity contribution is 7.15. The molecular formula is C20H23N3OS. The van der Waals surface area contributed by atoms with Gasteiger partial charge in [-0.05, 0) is 29.4 Å². The Morgan fingerprint density at radius 1 is 1.24 bits per heavy atom. The van der Waals surface area contributed by atoms with E-state index in [0.717, 1.165) is 29.9 Å². The molecule has 0 N–H and O–H groups in total. The van der Waals surface area contributed by atoms with E-state index in [9.17, 15) is 4.79 Å². The molecule has 1 aliphatic heterocycles. The van der Waals surface area contributed by atoms with E-state index >= 15 is 0 Å². The van der Waals surface area contributed by atoms with Gasteiger partial charge in [-0.1, -0.05) is 45.0 Å². The Morgan fingerprint density at radius 3 is 2.72 bits per heavy atom. The standard InChI is InChI=1S/C20H23N3OS/c1-20(2,3)15-8-6-14(7-9-15)16-5-4-10-22(16)19(24)17-12-25-18-11-21-13-23(17)18/h6-9,11-13,16H,4-5,10H2,1-3H3. The summed E-state index contributed by atoms with van der Waals surface area (Å²) >= 11 is 1.56. The average molecular weight is 353 g/mol. The zero-order valence-corrected chi connectivity index (χ0v) is 15.7. The highest BCUT2D eigenvalue weighted by Gasteiger charge is 2.32. The molecule has 1 saturated heterocycles. The minimum absolute atomic E-state index is 0.103. The zero-order valence-electron chi connectivity index (χ0n) is 14.9. The lowest BCUT2D eigenvalue weighted by Crippen LogP contribution is -2.31. The molecule has 3 heterocycles. The first kappa shape index (κ1) is 16.3. The molecule has 0 bridgehead atoms. The van der Waals surface area contributed by atoms with Crippen molar-refractivity contribution in [2.24, 2.45) is 0 Å². The van der Waals surface area contributed by atoms with E-state index in [0.29, 0.717) is 0 Å². The van der Waals surface area contributed by atoms with Gasteiger partial charge in [0, 0.05) is 11.9 Å². The number of aromatic nitrogens is 2. The SMILES string of the molecule is CC(C)(C)c1ccc(C2CCCN2C(=O)c2csc3cncn23)cc1. The van der Waals surface area contributed by atoms with Crippen molar-refractivity contribution in [3.05, 3.63) is 59.0 Å². The number of likely N-dealkylation sites (tertiary alicyclic amines) is 1. The number of amides is 1. The molecule has 1 aromatic carbocycles. The molecule has 1 unspecified atom stereocenters. The van der Waals surface area contributed by atoms with Crippen LogP contribution in [0.1, 0.15) is 61.3 Å². The third kappa shape index (κ3) is 2.86. The van der Waals surface area contributed by atoms with E-state index in [2.05, 4.69) is 50.0 Å².